The Hall–Kier alpha value is -2.09. The lowest BCUT2D eigenvalue weighted by Gasteiger charge is -2.31. The molecule has 140 valence electrons. The van der Waals surface area contributed by atoms with Crippen LogP contribution in [0, 0.1) is 12.8 Å². The lowest BCUT2D eigenvalue weighted by molar-refractivity contribution is -0.131. The van der Waals surface area contributed by atoms with E-state index >= 15 is 0 Å². The smallest absolute Gasteiger partial charge is 0.235 e. The molecular weight excluding hydrogens is 350 g/mol. The van der Waals surface area contributed by atoms with Crippen molar-refractivity contribution in [1.29, 1.82) is 0 Å². The summed E-state index contributed by atoms with van der Waals surface area (Å²) in [5.74, 6) is 1.53. The predicted molar refractivity (Wildman–Crippen MR) is 101 cm³/mol. The van der Waals surface area contributed by atoms with Gasteiger partial charge in [0, 0.05) is 13.1 Å². The minimum atomic E-state index is -0.246. The summed E-state index contributed by atoms with van der Waals surface area (Å²) in [5.41, 5.74) is 1.85. The molecule has 8 heteroatoms. The van der Waals surface area contributed by atoms with E-state index in [-0.39, 0.29) is 11.2 Å². The van der Waals surface area contributed by atoms with Gasteiger partial charge >= 0.3 is 0 Å². The second kappa shape index (κ2) is 8.07. The van der Waals surface area contributed by atoms with Crippen molar-refractivity contribution in [2.24, 2.45) is 5.92 Å². The van der Waals surface area contributed by atoms with Crippen LogP contribution in [0.25, 0.3) is 5.69 Å². The van der Waals surface area contributed by atoms with Crippen molar-refractivity contribution in [1.82, 2.24) is 25.1 Å². The number of likely N-dealkylation sites (tertiary alicyclic amines) is 1. The van der Waals surface area contributed by atoms with Crippen LogP contribution in [0.2, 0.25) is 0 Å². The van der Waals surface area contributed by atoms with Crippen LogP contribution in [-0.4, -0.2) is 56.5 Å². The molecule has 1 aliphatic rings. The number of aromatic nitrogens is 4. The molecule has 1 amide bonds. The summed E-state index contributed by atoms with van der Waals surface area (Å²) in [6, 6.07) is 5.84. The molecule has 0 bridgehead atoms. The molecule has 1 atom stereocenters. The first kappa shape index (κ1) is 18.7. The van der Waals surface area contributed by atoms with Gasteiger partial charge in [0.2, 0.25) is 11.1 Å². The van der Waals surface area contributed by atoms with Crippen LogP contribution in [0.5, 0.6) is 5.75 Å². The number of thioether (sulfide) groups is 1. The molecule has 2 heterocycles. The fourth-order valence-corrected chi connectivity index (χ4v) is 3.95. The van der Waals surface area contributed by atoms with E-state index in [2.05, 4.69) is 22.4 Å². The molecule has 0 spiro atoms. The van der Waals surface area contributed by atoms with Crippen molar-refractivity contribution in [3.63, 3.8) is 0 Å². The van der Waals surface area contributed by atoms with E-state index in [0.29, 0.717) is 16.8 Å². The number of aryl methyl sites for hydroxylation is 1. The number of piperidine rings is 1. The van der Waals surface area contributed by atoms with Gasteiger partial charge in [-0.15, -0.1) is 5.10 Å². The molecular formula is C18H25N5O2S. The van der Waals surface area contributed by atoms with Gasteiger partial charge in [-0.1, -0.05) is 24.8 Å². The first-order valence-corrected chi connectivity index (χ1v) is 9.76. The molecule has 2 aromatic rings. The number of carbonyl (C=O) groups is 1. The minimum Gasteiger partial charge on any atom is -0.494 e. The topological polar surface area (TPSA) is 73.1 Å². The third kappa shape index (κ3) is 4.00. The number of nitrogens with zero attached hydrogens (tertiary/aromatic N) is 5. The average molecular weight is 375 g/mol. The van der Waals surface area contributed by atoms with Gasteiger partial charge in [0.05, 0.1) is 12.4 Å². The average Bonchev–Trinajstić information content (AvgIpc) is 3.09. The number of tetrazole rings is 1. The van der Waals surface area contributed by atoms with Crippen LogP contribution < -0.4 is 4.74 Å². The minimum absolute atomic E-state index is 0.146. The number of ether oxygens (including phenoxy) is 1. The Morgan fingerprint density at radius 3 is 2.77 bits per heavy atom. The monoisotopic (exact) mass is 375 g/mol. The largest absolute Gasteiger partial charge is 0.494 e. The van der Waals surface area contributed by atoms with E-state index in [0.717, 1.165) is 37.2 Å². The standard InChI is InChI=1S/C18H25N5O2S/c1-12-7-9-22(10-8-12)17(24)14(3)26-18-19-20-21-23(18)15-11-13(2)5-6-16(15)25-4/h5-6,11-12,14H,7-10H2,1-4H3. The van der Waals surface area contributed by atoms with Gasteiger partial charge in [-0.05, 0) is 60.7 Å². The molecule has 1 aromatic heterocycles. The molecule has 0 aliphatic carbocycles. The zero-order valence-electron chi connectivity index (χ0n) is 15.7. The van der Waals surface area contributed by atoms with Crippen LogP contribution in [0.1, 0.15) is 32.3 Å². The van der Waals surface area contributed by atoms with Crippen LogP contribution in [0.15, 0.2) is 23.4 Å². The Morgan fingerprint density at radius 2 is 2.08 bits per heavy atom. The summed E-state index contributed by atoms with van der Waals surface area (Å²) in [4.78, 5) is 14.7. The number of hydrogen-bond donors (Lipinski definition) is 0. The van der Waals surface area contributed by atoms with E-state index in [1.165, 1.54) is 11.8 Å². The molecule has 1 fully saturated rings. The number of benzene rings is 1. The summed E-state index contributed by atoms with van der Waals surface area (Å²) in [6.45, 7) is 7.83. The quantitative estimate of drug-likeness (QED) is 0.748. The summed E-state index contributed by atoms with van der Waals surface area (Å²) in [5, 5.41) is 12.4. The summed E-state index contributed by atoms with van der Waals surface area (Å²) in [6.07, 6.45) is 2.14. The van der Waals surface area contributed by atoms with Crippen molar-refractivity contribution in [2.45, 2.75) is 44.0 Å². The maximum atomic E-state index is 12.8. The van der Waals surface area contributed by atoms with Crippen molar-refractivity contribution < 1.29 is 9.53 Å². The van der Waals surface area contributed by atoms with Gasteiger partial charge in [-0.25, -0.2) is 0 Å². The van der Waals surface area contributed by atoms with Crippen LogP contribution in [0.4, 0.5) is 0 Å². The molecule has 1 aliphatic heterocycles. The Labute approximate surface area is 158 Å². The first-order valence-electron chi connectivity index (χ1n) is 8.88. The van der Waals surface area contributed by atoms with E-state index in [9.17, 15) is 4.79 Å². The number of hydrogen-bond acceptors (Lipinski definition) is 6. The van der Waals surface area contributed by atoms with Crippen molar-refractivity contribution in [2.75, 3.05) is 20.2 Å². The molecule has 0 radical (unpaired) electrons. The second-order valence-electron chi connectivity index (χ2n) is 6.82. The number of carbonyl (C=O) groups excluding carboxylic acids is 1. The maximum Gasteiger partial charge on any atom is 0.235 e. The molecule has 1 saturated heterocycles. The highest BCUT2D eigenvalue weighted by molar-refractivity contribution is 8.00. The van der Waals surface area contributed by atoms with Crippen molar-refractivity contribution >= 4 is 17.7 Å². The highest BCUT2D eigenvalue weighted by Crippen LogP contribution is 2.29. The predicted octanol–water partition coefficient (Wildman–Crippen LogP) is 2.72. The van der Waals surface area contributed by atoms with Gasteiger partial charge in [0.15, 0.2) is 0 Å². The van der Waals surface area contributed by atoms with E-state index in [4.69, 9.17) is 4.74 Å². The van der Waals surface area contributed by atoms with Gasteiger partial charge in [-0.3, -0.25) is 4.79 Å². The summed E-state index contributed by atoms with van der Waals surface area (Å²) < 4.78 is 7.07. The van der Waals surface area contributed by atoms with Crippen LogP contribution in [0.3, 0.4) is 0 Å². The Bertz CT molecular complexity index is 771. The zero-order chi connectivity index (χ0) is 18.7. The molecule has 26 heavy (non-hydrogen) atoms. The molecule has 1 aromatic carbocycles. The maximum absolute atomic E-state index is 12.8. The van der Waals surface area contributed by atoms with E-state index < -0.39 is 0 Å². The Balaban J connectivity index is 1.77. The zero-order valence-corrected chi connectivity index (χ0v) is 16.5. The van der Waals surface area contributed by atoms with Gasteiger partial charge in [0.25, 0.3) is 0 Å². The fourth-order valence-electron chi connectivity index (χ4n) is 3.06. The third-order valence-electron chi connectivity index (χ3n) is 4.73. The van der Waals surface area contributed by atoms with Crippen molar-refractivity contribution in [3.8, 4) is 11.4 Å². The highest BCUT2D eigenvalue weighted by Gasteiger charge is 2.27. The van der Waals surface area contributed by atoms with Gasteiger partial charge < -0.3 is 9.64 Å². The number of rotatable bonds is 5. The van der Waals surface area contributed by atoms with Crippen LogP contribution in [-0.2, 0) is 4.79 Å². The lowest BCUT2D eigenvalue weighted by atomic mass is 9.99. The lowest BCUT2D eigenvalue weighted by Crippen LogP contribution is -2.41. The molecule has 0 N–H and O–H groups in total. The van der Waals surface area contributed by atoms with Gasteiger partial charge in [0.1, 0.15) is 11.4 Å². The first-order chi connectivity index (χ1) is 12.5. The molecule has 1 unspecified atom stereocenters. The van der Waals surface area contributed by atoms with Gasteiger partial charge in [-0.2, -0.15) is 4.68 Å². The SMILES string of the molecule is COc1ccc(C)cc1-n1nnnc1SC(C)C(=O)N1CCC(C)CC1. The fraction of sp³-hybridized carbons (Fsp3) is 0.556. The Morgan fingerprint density at radius 1 is 1.35 bits per heavy atom. The second-order valence-corrected chi connectivity index (χ2v) is 8.12. The van der Waals surface area contributed by atoms with E-state index in [1.54, 1.807) is 11.8 Å². The summed E-state index contributed by atoms with van der Waals surface area (Å²) >= 11 is 1.38. The van der Waals surface area contributed by atoms with Crippen LogP contribution >= 0.6 is 11.8 Å². The highest BCUT2D eigenvalue weighted by atomic mass is 32.2. The Kier molecular flexibility index (Phi) is 5.80. The molecule has 3 rings (SSSR count). The van der Waals surface area contributed by atoms with Crippen molar-refractivity contribution in [3.05, 3.63) is 23.8 Å². The van der Waals surface area contributed by atoms with E-state index in [1.807, 2.05) is 36.9 Å². The number of methoxy groups -OCH3 is 1. The molecule has 7 nitrogen and oxygen atoms in total. The third-order valence-corrected chi connectivity index (χ3v) is 5.75. The summed E-state index contributed by atoms with van der Waals surface area (Å²) in [7, 11) is 1.62. The number of amides is 1. The molecule has 0 saturated carbocycles. The normalized spacial score (nSPS) is 16.5.